The quantitative estimate of drug-likeness (QED) is 0.704. The van der Waals surface area contributed by atoms with Gasteiger partial charge in [0, 0.05) is 11.7 Å². The summed E-state index contributed by atoms with van der Waals surface area (Å²) in [6.07, 6.45) is 6.84. The van der Waals surface area contributed by atoms with Crippen LogP contribution in [0.25, 0.3) is 0 Å². The molecule has 0 radical (unpaired) electrons. The van der Waals surface area contributed by atoms with Gasteiger partial charge in [-0.05, 0) is 63.0 Å². The third kappa shape index (κ3) is 3.77. The highest BCUT2D eigenvalue weighted by atomic mass is 14.9. The van der Waals surface area contributed by atoms with Crippen LogP contribution in [-0.2, 0) is 0 Å². The SMILES string of the molecule is Cc1cc(C)c(NC2CCCC(C(C)C)CC2)c(C)c1. The molecule has 1 saturated carbocycles. The fourth-order valence-electron chi connectivity index (χ4n) is 3.75. The van der Waals surface area contributed by atoms with E-state index in [9.17, 15) is 0 Å². The Labute approximate surface area is 125 Å². The van der Waals surface area contributed by atoms with Gasteiger partial charge in [-0.1, -0.05) is 44.4 Å². The molecule has 1 aromatic carbocycles. The van der Waals surface area contributed by atoms with E-state index in [0.717, 1.165) is 11.8 Å². The zero-order valence-corrected chi connectivity index (χ0v) is 13.9. The van der Waals surface area contributed by atoms with Crippen molar-refractivity contribution in [3.05, 3.63) is 28.8 Å². The van der Waals surface area contributed by atoms with E-state index >= 15 is 0 Å². The summed E-state index contributed by atoms with van der Waals surface area (Å²) in [5, 5.41) is 3.84. The van der Waals surface area contributed by atoms with Crippen molar-refractivity contribution in [3.8, 4) is 0 Å². The van der Waals surface area contributed by atoms with Crippen LogP contribution < -0.4 is 5.32 Å². The highest BCUT2D eigenvalue weighted by Gasteiger charge is 2.21. The van der Waals surface area contributed by atoms with Crippen LogP contribution in [0, 0.1) is 32.6 Å². The lowest BCUT2D eigenvalue weighted by Gasteiger charge is -2.22. The van der Waals surface area contributed by atoms with Gasteiger partial charge in [0.25, 0.3) is 0 Å². The molecule has 2 atom stereocenters. The average Bonchev–Trinajstić information content (AvgIpc) is 2.59. The van der Waals surface area contributed by atoms with Gasteiger partial charge >= 0.3 is 0 Å². The first kappa shape index (κ1) is 15.4. The molecule has 1 fully saturated rings. The van der Waals surface area contributed by atoms with Crippen molar-refractivity contribution in [2.24, 2.45) is 11.8 Å². The minimum absolute atomic E-state index is 0.666. The number of nitrogens with one attached hydrogen (secondary N) is 1. The summed E-state index contributed by atoms with van der Waals surface area (Å²) < 4.78 is 0. The van der Waals surface area contributed by atoms with Gasteiger partial charge in [-0.2, -0.15) is 0 Å². The molecular weight excluding hydrogens is 242 g/mol. The molecule has 1 N–H and O–H groups in total. The minimum Gasteiger partial charge on any atom is -0.382 e. The van der Waals surface area contributed by atoms with E-state index in [0.29, 0.717) is 6.04 Å². The third-order valence-corrected chi connectivity index (χ3v) is 4.98. The monoisotopic (exact) mass is 273 g/mol. The summed E-state index contributed by atoms with van der Waals surface area (Å²) in [5.74, 6) is 1.78. The van der Waals surface area contributed by atoms with Crippen molar-refractivity contribution >= 4 is 5.69 Å². The second-order valence-corrected chi connectivity index (χ2v) is 7.13. The summed E-state index contributed by atoms with van der Waals surface area (Å²) in [6.45, 7) is 11.4. The Kier molecular flexibility index (Phi) is 5.12. The zero-order valence-electron chi connectivity index (χ0n) is 13.9. The number of anilines is 1. The van der Waals surface area contributed by atoms with Crippen molar-refractivity contribution in [1.29, 1.82) is 0 Å². The lowest BCUT2D eigenvalue weighted by Crippen LogP contribution is -2.20. The van der Waals surface area contributed by atoms with Gasteiger partial charge in [-0.3, -0.25) is 0 Å². The van der Waals surface area contributed by atoms with E-state index in [1.165, 1.54) is 54.5 Å². The standard InChI is InChI=1S/C19H31N/c1-13(2)17-7-6-8-18(10-9-17)20-19-15(4)11-14(3)12-16(19)5/h11-13,17-18,20H,6-10H2,1-5H3. The molecule has 1 aromatic rings. The Morgan fingerprint density at radius 1 is 0.950 bits per heavy atom. The normalized spacial score (nSPS) is 23.7. The van der Waals surface area contributed by atoms with Gasteiger partial charge in [0.1, 0.15) is 0 Å². The summed E-state index contributed by atoms with van der Waals surface area (Å²) in [4.78, 5) is 0. The molecule has 2 unspecified atom stereocenters. The van der Waals surface area contributed by atoms with Crippen molar-refractivity contribution in [2.45, 2.75) is 72.8 Å². The molecule has 20 heavy (non-hydrogen) atoms. The Hall–Kier alpha value is -0.980. The van der Waals surface area contributed by atoms with Gasteiger partial charge in [0.15, 0.2) is 0 Å². The van der Waals surface area contributed by atoms with Crippen molar-refractivity contribution < 1.29 is 0 Å². The largest absolute Gasteiger partial charge is 0.382 e. The van der Waals surface area contributed by atoms with Crippen LogP contribution in [0.1, 0.15) is 62.6 Å². The topological polar surface area (TPSA) is 12.0 Å². The second kappa shape index (κ2) is 6.65. The number of hydrogen-bond donors (Lipinski definition) is 1. The fourth-order valence-corrected chi connectivity index (χ4v) is 3.75. The smallest absolute Gasteiger partial charge is 0.0401 e. The molecule has 0 saturated heterocycles. The van der Waals surface area contributed by atoms with Gasteiger partial charge in [-0.25, -0.2) is 0 Å². The first-order chi connectivity index (χ1) is 9.47. The van der Waals surface area contributed by atoms with Gasteiger partial charge in [-0.15, -0.1) is 0 Å². The van der Waals surface area contributed by atoms with Gasteiger partial charge in [0.2, 0.25) is 0 Å². The van der Waals surface area contributed by atoms with Crippen LogP contribution in [0.15, 0.2) is 12.1 Å². The van der Waals surface area contributed by atoms with Gasteiger partial charge < -0.3 is 5.32 Å². The van der Waals surface area contributed by atoms with Crippen LogP contribution in [0.3, 0.4) is 0 Å². The lowest BCUT2D eigenvalue weighted by atomic mass is 9.89. The fraction of sp³-hybridized carbons (Fsp3) is 0.684. The molecule has 0 heterocycles. The summed E-state index contributed by atoms with van der Waals surface area (Å²) in [6, 6.07) is 5.25. The second-order valence-electron chi connectivity index (χ2n) is 7.13. The van der Waals surface area contributed by atoms with E-state index in [1.54, 1.807) is 0 Å². The Morgan fingerprint density at radius 3 is 2.20 bits per heavy atom. The lowest BCUT2D eigenvalue weighted by molar-refractivity contribution is 0.341. The van der Waals surface area contributed by atoms with E-state index < -0.39 is 0 Å². The van der Waals surface area contributed by atoms with E-state index in [-0.39, 0.29) is 0 Å². The predicted octanol–water partition coefficient (Wildman–Crippen LogP) is 5.63. The highest BCUT2D eigenvalue weighted by Crippen LogP contribution is 2.31. The maximum Gasteiger partial charge on any atom is 0.0401 e. The first-order valence-corrected chi connectivity index (χ1v) is 8.31. The Balaban J connectivity index is 2.04. The average molecular weight is 273 g/mol. The number of rotatable bonds is 3. The molecule has 1 aliphatic carbocycles. The molecule has 0 spiro atoms. The van der Waals surface area contributed by atoms with E-state index in [1.807, 2.05) is 0 Å². The molecular formula is C19H31N. The minimum atomic E-state index is 0.666. The van der Waals surface area contributed by atoms with Gasteiger partial charge in [0.05, 0.1) is 0 Å². The molecule has 2 rings (SSSR count). The predicted molar refractivity (Wildman–Crippen MR) is 89.5 cm³/mol. The van der Waals surface area contributed by atoms with Crippen molar-refractivity contribution in [1.82, 2.24) is 0 Å². The molecule has 1 heteroatoms. The number of benzene rings is 1. The molecule has 1 aliphatic rings. The van der Waals surface area contributed by atoms with E-state index in [2.05, 4.69) is 52.1 Å². The zero-order chi connectivity index (χ0) is 14.7. The third-order valence-electron chi connectivity index (χ3n) is 4.98. The van der Waals surface area contributed by atoms with Crippen LogP contribution in [0.4, 0.5) is 5.69 Å². The van der Waals surface area contributed by atoms with Crippen molar-refractivity contribution in [3.63, 3.8) is 0 Å². The van der Waals surface area contributed by atoms with Crippen LogP contribution in [0.2, 0.25) is 0 Å². The van der Waals surface area contributed by atoms with Crippen LogP contribution >= 0.6 is 0 Å². The summed E-state index contributed by atoms with van der Waals surface area (Å²) >= 11 is 0. The molecule has 1 nitrogen and oxygen atoms in total. The number of hydrogen-bond acceptors (Lipinski definition) is 1. The maximum absolute atomic E-state index is 3.84. The summed E-state index contributed by atoms with van der Waals surface area (Å²) in [7, 11) is 0. The summed E-state index contributed by atoms with van der Waals surface area (Å²) in [5.41, 5.74) is 5.54. The first-order valence-electron chi connectivity index (χ1n) is 8.31. The maximum atomic E-state index is 3.84. The molecule has 0 aliphatic heterocycles. The number of aryl methyl sites for hydroxylation is 3. The molecule has 0 aromatic heterocycles. The Bertz CT molecular complexity index is 424. The molecule has 0 bridgehead atoms. The van der Waals surface area contributed by atoms with E-state index in [4.69, 9.17) is 0 Å². The van der Waals surface area contributed by atoms with Crippen LogP contribution in [-0.4, -0.2) is 6.04 Å². The van der Waals surface area contributed by atoms with Crippen LogP contribution in [0.5, 0.6) is 0 Å². The molecule has 0 amide bonds. The highest BCUT2D eigenvalue weighted by molar-refractivity contribution is 5.58. The molecule has 112 valence electrons. The van der Waals surface area contributed by atoms with Crippen molar-refractivity contribution in [2.75, 3.05) is 5.32 Å². The Morgan fingerprint density at radius 2 is 1.60 bits per heavy atom.